The van der Waals surface area contributed by atoms with Gasteiger partial charge >= 0.3 is 0 Å². The molecule has 0 saturated carbocycles. The van der Waals surface area contributed by atoms with Crippen molar-refractivity contribution in [3.63, 3.8) is 0 Å². The van der Waals surface area contributed by atoms with Gasteiger partial charge in [-0.25, -0.2) is 0 Å². The van der Waals surface area contributed by atoms with Gasteiger partial charge in [0.1, 0.15) is 5.60 Å². The number of hydrogen-bond acceptors (Lipinski definition) is 3. The van der Waals surface area contributed by atoms with Gasteiger partial charge in [-0.15, -0.1) is 0 Å². The Bertz CT molecular complexity index is 353. The van der Waals surface area contributed by atoms with E-state index >= 15 is 0 Å². The minimum Gasteiger partial charge on any atom is -0.384 e. The number of nitrogens with two attached hydrogens (primary N) is 1. The Morgan fingerprint density at radius 3 is 2.93 bits per heavy atom. The van der Waals surface area contributed by atoms with Crippen molar-refractivity contribution >= 4 is 0 Å². The number of likely N-dealkylation sites (N-methyl/N-ethyl adjacent to an activating group) is 1. The van der Waals surface area contributed by atoms with Gasteiger partial charge in [-0.1, -0.05) is 24.3 Å². The van der Waals surface area contributed by atoms with Crippen molar-refractivity contribution in [1.29, 1.82) is 0 Å². The topological polar surface area (TPSA) is 49.5 Å². The van der Waals surface area contributed by atoms with Crippen LogP contribution in [0, 0.1) is 0 Å². The van der Waals surface area contributed by atoms with Crippen LogP contribution in [0.1, 0.15) is 17.5 Å². The van der Waals surface area contributed by atoms with Crippen LogP contribution in [-0.4, -0.2) is 30.1 Å². The first-order valence-corrected chi connectivity index (χ1v) is 5.34. The van der Waals surface area contributed by atoms with E-state index in [9.17, 15) is 5.11 Å². The zero-order valence-corrected chi connectivity index (χ0v) is 9.11. The van der Waals surface area contributed by atoms with E-state index in [0.29, 0.717) is 13.1 Å². The van der Waals surface area contributed by atoms with Crippen molar-refractivity contribution in [2.45, 2.75) is 18.6 Å². The molecule has 1 saturated heterocycles. The number of rotatable bonds is 2. The van der Waals surface area contributed by atoms with Crippen LogP contribution >= 0.6 is 0 Å². The predicted octanol–water partition coefficient (Wildman–Crippen LogP) is 0.668. The van der Waals surface area contributed by atoms with Gasteiger partial charge in [0.25, 0.3) is 0 Å². The summed E-state index contributed by atoms with van der Waals surface area (Å²) in [6.45, 7) is 2.18. The van der Waals surface area contributed by atoms with E-state index in [4.69, 9.17) is 5.73 Å². The fraction of sp³-hybridized carbons (Fsp3) is 0.500. The van der Waals surface area contributed by atoms with Crippen LogP contribution in [0.15, 0.2) is 24.3 Å². The lowest BCUT2D eigenvalue weighted by Gasteiger charge is -2.23. The summed E-state index contributed by atoms with van der Waals surface area (Å²) in [5.74, 6) is 0. The zero-order valence-electron chi connectivity index (χ0n) is 9.11. The maximum atomic E-state index is 10.5. The Hall–Kier alpha value is -0.900. The average Bonchev–Trinajstić information content (AvgIpc) is 2.60. The summed E-state index contributed by atoms with van der Waals surface area (Å²) in [5.41, 5.74) is 6.99. The Balaban J connectivity index is 2.28. The molecule has 0 radical (unpaired) electrons. The molecule has 1 heterocycles. The fourth-order valence-electron chi connectivity index (χ4n) is 2.20. The number of likely N-dealkylation sites (tertiary alicyclic amines) is 1. The monoisotopic (exact) mass is 206 g/mol. The smallest absolute Gasteiger partial charge is 0.103 e. The minimum atomic E-state index is -0.681. The summed E-state index contributed by atoms with van der Waals surface area (Å²) in [4.78, 5) is 2.15. The molecule has 1 fully saturated rings. The number of β-amino-alcohol motifs (C(OH)–C–C–N with tert-alkyl or cyclic N) is 1. The molecule has 82 valence electrons. The molecular weight excluding hydrogens is 188 g/mol. The molecule has 3 heteroatoms. The van der Waals surface area contributed by atoms with Crippen LogP contribution in [0.5, 0.6) is 0 Å². The molecule has 15 heavy (non-hydrogen) atoms. The molecule has 0 aromatic heterocycles. The lowest BCUT2D eigenvalue weighted by molar-refractivity contribution is 0.0488. The summed E-state index contributed by atoms with van der Waals surface area (Å²) in [7, 11) is 2.03. The predicted molar refractivity (Wildman–Crippen MR) is 60.3 cm³/mol. The van der Waals surface area contributed by atoms with Gasteiger partial charge in [0.2, 0.25) is 0 Å². The van der Waals surface area contributed by atoms with Crippen LogP contribution in [-0.2, 0) is 12.1 Å². The molecule has 3 nitrogen and oxygen atoms in total. The first kappa shape index (κ1) is 10.6. The molecule has 2 rings (SSSR count). The highest BCUT2D eigenvalue weighted by Crippen LogP contribution is 2.31. The third-order valence-electron chi connectivity index (χ3n) is 3.14. The van der Waals surface area contributed by atoms with Crippen molar-refractivity contribution < 1.29 is 5.11 Å². The van der Waals surface area contributed by atoms with Crippen molar-refractivity contribution in [2.24, 2.45) is 5.73 Å². The Kier molecular flexibility index (Phi) is 2.78. The maximum absolute atomic E-state index is 10.5. The SMILES string of the molecule is CN1CCC(O)(c2cccc(CN)c2)C1. The van der Waals surface area contributed by atoms with Gasteiger partial charge in [-0.3, -0.25) is 0 Å². The number of nitrogens with zero attached hydrogens (tertiary/aromatic N) is 1. The van der Waals surface area contributed by atoms with E-state index in [1.165, 1.54) is 0 Å². The summed E-state index contributed by atoms with van der Waals surface area (Å²) >= 11 is 0. The molecule has 0 amide bonds. The van der Waals surface area contributed by atoms with E-state index in [0.717, 1.165) is 24.1 Å². The maximum Gasteiger partial charge on any atom is 0.103 e. The van der Waals surface area contributed by atoms with Crippen LogP contribution in [0.2, 0.25) is 0 Å². The molecular formula is C12H18N2O. The highest BCUT2D eigenvalue weighted by molar-refractivity contribution is 5.29. The van der Waals surface area contributed by atoms with Crippen LogP contribution in [0.4, 0.5) is 0 Å². The molecule has 1 aliphatic rings. The second-order valence-electron chi connectivity index (χ2n) is 4.42. The zero-order chi connectivity index (χ0) is 10.9. The van der Waals surface area contributed by atoms with Crippen LogP contribution in [0.25, 0.3) is 0 Å². The lowest BCUT2D eigenvalue weighted by atomic mass is 9.92. The second kappa shape index (κ2) is 3.93. The number of aliphatic hydroxyl groups is 1. The molecule has 1 aliphatic heterocycles. The summed E-state index contributed by atoms with van der Waals surface area (Å²) < 4.78 is 0. The van der Waals surface area contributed by atoms with Gasteiger partial charge in [-0.05, 0) is 24.6 Å². The van der Waals surface area contributed by atoms with Crippen molar-refractivity contribution in [2.75, 3.05) is 20.1 Å². The van der Waals surface area contributed by atoms with Crippen LogP contribution < -0.4 is 5.73 Å². The second-order valence-corrected chi connectivity index (χ2v) is 4.42. The van der Waals surface area contributed by atoms with Crippen molar-refractivity contribution in [3.05, 3.63) is 35.4 Å². The van der Waals surface area contributed by atoms with Gasteiger partial charge in [0.15, 0.2) is 0 Å². The third-order valence-corrected chi connectivity index (χ3v) is 3.14. The molecule has 0 spiro atoms. The summed E-state index contributed by atoms with van der Waals surface area (Å²) in [5, 5.41) is 10.5. The standard InChI is InChI=1S/C12H18N2O/c1-14-6-5-12(15,9-14)11-4-2-3-10(7-11)8-13/h2-4,7,15H,5-6,8-9,13H2,1H3. The lowest BCUT2D eigenvalue weighted by Crippen LogP contribution is -2.29. The van der Waals surface area contributed by atoms with E-state index in [1.807, 2.05) is 31.3 Å². The highest BCUT2D eigenvalue weighted by Gasteiger charge is 2.35. The minimum absolute atomic E-state index is 0.528. The molecule has 0 bridgehead atoms. The first-order valence-electron chi connectivity index (χ1n) is 5.34. The largest absolute Gasteiger partial charge is 0.384 e. The number of hydrogen-bond donors (Lipinski definition) is 2. The molecule has 1 atom stereocenters. The average molecular weight is 206 g/mol. The molecule has 1 unspecified atom stereocenters. The van der Waals surface area contributed by atoms with Gasteiger partial charge in [0, 0.05) is 19.6 Å². The van der Waals surface area contributed by atoms with Gasteiger partial charge in [0.05, 0.1) is 0 Å². The third kappa shape index (κ3) is 2.04. The normalized spacial score (nSPS) is 27.1. The number of benzene rings is 1. The quantitative estimate of drug-likeness (QED) is 0.747. The van der Waals surface area contributed by atoms with E-state index in [2.05, 4.69) is 4.90 Å². The van der Waals surface area contributed by atoms with Crippen LogP contribution in [0.3, 0.4) is 0 Å². The molecule has 0 aliphatic carbocycles. The molecule has 1 aromatic rings. The van der Waals surface area contributed by atoms with Crippen molar-refractivity contribution in [1.82, 2.24) is 4.90 Å². The highest BCUT2D eigenvalue weighted by atomic mass is 16.3. The Morgan fingerprint density at radius 1 is 1.53 bits per heavy atom. The van der Waals surface area contributed by atoms with Gasteiger partial charge in [-0.2, -0.15) is 0 Å². The first-order chi connectivity index (χ1) is 7.14. The summed E-state index contributed by atoms with van der Waals surface area (Å²) in [6, 6.07) is 7.96. The Labute approximate surface area is 90.5 Å². The van der Waals surface area contributed by atoms with Crippen molar-refractivity contribution in [3.8, 4) is 0 Å². The van der Waals surface area contributed by atoms with E-state index in [1.54, 1.807) is 0 Å². The summed E-state index contributed by atoms with van der Waals surface area (Å²) in [6.07, 6.45) is 0.803. The van der Waals surface area contributed by atoms with E-state index < -0.39 is 5.60 Å². The van der Waals surface area contributed by atoms with Gasteiger partial charge < -0.3 is 15.7 Å². The fourth-order valence-corrected chi connectivity index (χ4v) is 2.20. The Morgan fingerprint density at radius 2 is 2.33 bits per heavy atom. The van der Waals surface area contributed by atoms with E-state index in [-0.39, 0.29) is 0 Å². The molecule has 1 aromatic carbocycles. The molecule has 3 N–H and O–H groups in total.